The molecule has 8 heteroatoms. The first-order valence-corrected chi connectivity index (χ1v) is 8.29. The summed E-state index contributed by atoms with van der Waals surface area (Å²) in [6.45, 7) is 4.73. The van der Waals surface area contributed by atoms with Crippen LogP contribution < -0.4 is 10.6 Å². The third-order valence-electron chi connectivity index (χ3n) is 4.58. The average Bonchev–Trinajstić information content (AvgIpc) is 3.17. The van der Waals surface area contributed by atoms with Crippen molar-refractivity contribution in [1.29, 1.82) is 0 Å². The fourth-order valence-electron chi connectivity index (χ4n) is 3.43. The number of likely N-dealkylation sites (tertiary alicyclic amines) is 1. The largest absolute Gasteiger partial charge is 0.354 e. The molecule has 2 unspecified atom stereocenters. The van der Waals surface area contributed by atoms with Gasteiger partial charge in [0.05, 0.1) is 11.7 Å². The van der Waals surface area contributed by atoms with Gasteiger partial charge in [0.25, 0.3) is 0 Å². The van der Waals surface area contributed by atoms with E-state index in [0.29, 0.717) is 5.92 Å². The number of carbonyl (C=O) groups excluding carboxylic acids is 1. The van der Waals surface area contributed by atoms with Crippen LogP contribution in [0.2, 0.25) is 0 Å². The van der Waals surface area contributed by atoms with Crippen molar-refractivity contribution in [2.75, 3.05) is 26.2 Å². The normalized spacial score (nSPS) is 25.1. The second-order valence-corrected chi connectivity index (χ2v) is 6.52. The molecule has 1 aromatic rings. The van der Waals surface area contributed by atoms with Crippen LogP contribution in [0.4, 0.5) is 0 Å². The molecule has 1 aromatic heterocycles. The van der Waals surface area contributed by atoms with Gasteiger partial charge in [0.1, 0.15) is 0 Å². The molecule has 0 saturated carbocycles. The Morgan fingerprint density at radius 2 is 2.30 bits per heavy atom. The van der Waals surface area contributed by atoms with E-state index < -0.39 is 0 Å². The predicted octanol–water partition coefficient (Wildman–Crippen LogP) is 0.317. The number of aromatic nitrogens is 3. The first kappa shape index (κ1) is 18.2. The topological polar surface area (TPSA) is 75.1 Å². The van der Waals surface area contributed by atoms with Crippen molar-refractivity contribution in [1.82, 2.24) is 30.5 Å². The zero-order chi connectivity index (χ0) is 15.4. The summed E-state index contributed by atoms with van der Waals surface area (Å²) < 4.78 is 1.74. The number of halogens is 1. The van der Waals surface area contributed by atoms with E-state index in [0.717, 1.165) is 51.3 Å². The Balaban J connectivity index is 0.00000192. The maximum absolute atomic E-state index is 12.1. The molecular weight excluding hydrogens is 316 g/mol. The number of hydrogen-bond acceptors (Lipinski definition) is 5. The van der Waals surface area contributed by atoms with Crippen molar-refractivity contribution in [3.63, 3.8) is 0 Å². The van der Waals surface area contributed by atoms with Crippen LogP contribution in [0.1, 0.15) is 31.4 Å². The molecule has 23 heavy (non-hydrogen) atoms. The molecule has 2 aliphatic heterocycles. The Morgan fingerprint density at radius 1 is 1.43 bits per heavy atom. The van der Waals surface area contributed by atoms with Crippen LogP contribution >= 0.6 is 12.4 Å². The van der Waals surface area contributed by atoms with Crippen molar-refractivity contribution in [3.05, 3.63) is 11.9 Å². The SMILES string of the molecule is Cl.Cn1cc(CN2CCCC(CNC(=O)C3CCCN3)C2)nn1. The van der Waals surface area contributed by atoms with Crippen molar-refractivity contribution < 1.29 is 4.79 Å². The fraction of sp³-hybridized carbons (Fsp3) is 0.800. The fourth-order valence-corrected chi connectivity index (χ4v) is 3.43. The van der Waals surface area contributed by atoms with Gasteiger partial charge in [0.15, 0.2) is 0 Å². The molecule has 3 heterocycles. The van der Waals surface area contributed by atoms with E-state index in [2.05, 4.69) is 25.8 Å². The van der Waals surface area contributed by atoms with E-state index in [1.165, 1.54) is 12.8 Å². The highest BCUT2D eigenvalue weighted by Gasteiger charge is 2.24. The standard InChI is InChI=1S/C15H26N6O.ClH/c1-20-10-13(18-19-20)11-21-7-3-4-12(9-21)8-17-15(22)14-5-2-6-16-14;/h10,12,14,16H,2-9,11H2,1H3,(H,17,22);1H. The molecule has 7 nitrogen and oxygen atoms in total. The lowest BCUT2D eigenvalue weighted by Crippen LogP contribution is -2.45. The summed E-state index contributed by atoms with van der Waals surface area (Å²) in [7, 11) is 1.89. The summed E-state index contributed by atoms with van der Waals surface area (Å²) >= 11 is 0. The average molecular weight is 343 g/mol. The molecule has 0 radical (unpaired) electrons. The van der Waals surface area contributed by atoms with Crippen LogP contribution in [-0.2, 0) is 18.4 Å². The highest BCUT2D eigenvalue weighted by atomic mass is 35.5. The molecule has 130 valence electrons. The maximum atomic E-state index is 12.1. The van der Waals surface area contributed by atoms with Gasteiger partial charge >= 0.3 is 0 Å². The smallest absolute Gasteiger partial charge is 0.237 e. The van der Waals surface area contributed by atoms with Gasteiger partial charge in [0, 0.05) is 32.9 Å². The summed E-state index contributed by atoms with van der Waals surface area (Å²) in [5.41, 5.74) is 1.02. The van der Waals surface area contributed by atoms with Gasteiger partial charge in [-0.15, -0.1) is 17.5 Å². The molecule has 2 aliphatic rings. The maximum Gasteiger partial charge on any atom is 0.237 e. The van der Waals surface area contributed by atoms with E-state index in [4.69, 9.17) is 0 Å². The second kappa shape index (κ2) is 8.61. The number of nitrogens with one attached hydrogen (secondary N) is 2. The highest BCUT2D eigenvalue weighted by molar-refractivity contribution is 5.85. The van der Waals surface area contributed by atoms with E-state index in [1.807, 2.05) is 13.2 Å². The summed E-state index contributed by atoms with van der Waals surface area (Å²) in [5, 5.41) is 14.5. The number of piperidine rings is 1. The van der Waals surface area contributed by atoms with Gasteiger partial charge in [-0.1, -0.05) is 5.21 Å². The molecule has 0 spiro atoms. The van der Waals surface area contributed by atoms with E-state index in [1.54, 1.807) is 4.68 Å². The van der Waals surface area contributed by atoms with Gasteiger partial charge < -0.3 is 10.6 Å². The Kier molecular flexibility index (Phi) is 6.80. The van der Waals surface area contributed by atoms with Crippen LogP contribution in [0.5, 0.6) is 0 Å². The first-order valence-electron chi connectivity index (χ1n) is 8.29. The van der Waals surface area contributed by atoms with E-state index >= 15 is 0 Å². The molecule has 1 amide bonds. The number of carbonyl (C=O) groups is 1. The lowest BCUT2D eigenvalue weighted by atomic mass is 9.97. The van der Waals surface area contributed by atoms with E-state index in [-0.39, 0.29) is 24.4 Å². The predicted molar refractivity (Wildman–Crippen MR) is 90.3 cm³/mol. The Bertz CT molecular complexity index is 502. The molecular formula is C15H27ClN6O. The third-order valence-corrected chi connectivity index (χ3v) is 4.58. The van der Waals surface area contributed by atoms with Gasteiger partial charge in [0.2, 0.25) is 5.91 Å². The summed E-state index contributed by atoms with van der Waals surface area (Å²) in [4.78, 5) is 14.5. The molecule has 2 atom stereocenters. The highest BCUT2D eigenvalue weighted by Crippen LogP contribution is 2.17. The number of nitrogens with zero attached hydrogens (tertiary/aromatic N) is 4. The minimum atomic E-state index is 0. The van der Waals surface area contributed by atoms with Crippen molar-refractivity contribution in [3.8, 4) is 0 Å². The lowest BCUT2D eigenvalue weighted by molar-refractivity contribution is -0.123. The number of amides is 1. The lowest BCUT2D eigenvalue weighted by Gasteiger charge is -2.32. The Labute approximate surface area is 143 Å². The molecule has 0 bridgehead atoms. The number of hydrogen-bond donors (Lipinski definition) is 2. The zero-order valence-electron chi connectivity index (χ0n) is 13.7. The summed E-state index contributed by atoms with van der Waals surface area (Å²) in [5.74, 6) is 0.708. The van der Waals surface area contributed by atoms with Crippen LogP contribution in [-0.4, -0.2) is 58.0 Å². The molecule has 2 N–H and O–H groups in total. The third kappa shape index (κ3) is 5.16. The monoisotopic (exact) mass is 342 g/mol. The first-order chi connectivity index (χ1) is 10.7. The Morgan fingerprint density at radius 3 is 3.00 bits per heavy atom. The molecule has 0 aromatic carbocycles. The number of aryl methyl sites for hydroxylation is 1. The van der Waals surface area contributed by atoms with Crippen LogP contribution in [0.15, 0.2) is 6.20 Å². The van der Waals surface area contributed by atoms with Crippen molar-refractivity contribution in [2.45, 2.75) is 38.3 Å². The van der Waals surface area contributed by atoms with Gasteiger partial charge in [-0.2, -0.15) is 0 Å². The minimum Gasteiger partial charge on any atom is -0.354 e. The van der Waals surface area contributed by atoms with Crippen molar-refractivity contribution in [2.24, 2.45) is 13.0 Å². The van der Waals surface area contributed by atoms with Gasteiger partial charge in [-0.05, 0) is 44.7 Å². The zero-order valence-corrected chi connectivity index (χ0v) is 14.5. The molecule has 3 rings (SSSR count). The molecule has 0 aliphatic carbocycles. The van der Waals surface area contributed by atoms with Crippen LogP contribution in [0.25, 0.3) is 0 Å². The van der Waals surface area contributed by atoms with Gasteiger partial charge in [-0.3, -0.25) is 14.4 Å². The summed E-state index contributed by atoms with van der Waals surface area (Å²) in [6.07, 6.45) is 6.41. The summed E-state index contributed by atoms with van der Waals surface area (Å²) in [6, 6.07) is 0.0271. The second-order valence-electron chi connectivity index (χ2n) is 6.52. The molecule has 2 saturated heterocycles. The van der Waals surface area contributed by atoms with E-state index in [9.17, 15) is 4.79 Å². The number of rotatable bonds is 5. The quantitative estimate of drug-likeness (QED) is 0.806. The van der Waals surface area contributed by atoms with Crippen LogP contribution in [0, 0.1) is 5.92 Å². The minimum absolute atomic E-state index is 0. The van der Waals surface area contributed by atoms with Crippen molar-refractivity contribution >= 4 is 18.3 Å². The van der Waals surface area contributed by atoms with Crippen LogP contribution in [0.3, 0.4) is 0 Å². The Hall–Kier alpha value is -1.18. The van der Waals surface area contributed by atoms with Gasteiger partial charge in [-0.25, -0.2) is 0 Å². The molecule has 2 fully saturated rings.